The molecule has 60 heavy (non-hydrogen) atoms. The lowest BCUT2D eigenvalue weighted by molar-refractivity contribution is -0.384. The Balaban J connectivity index is 1.10. The van der Waals surface area contributed by atoms with Gasteiger partial charge in [0, 0.05) is 88.2 Å². The largest absolute Gasteiger partial charge is 0.453 e. The number of nitro benzene ring substituents is 1. The van der Waals surface area contributed by atoms with Crippen molar-refractivity contribution in [3.05, 3.63) is 122 Å². The van der Waals surface area contributed by atoms with Gasteiger partial charge >= 0.3 is 0 Å². The molecule has 0 atom stereocenters. The second-order valence-electron chi connectivity index (χ2n) is 15.7. The third kappa shape index (κ3) is 10.1. The number of hydrogen-bond donors (Lipinski definition) is 2. The second-order valence-corrected chi connectivity index (χ2v) is 17.8. The van der Waals surface area contributed by atoms with E-state index >= 15 is 0 Å². The van der Waals surface area contributed by atoms with E-state index in [4.69, 9.17) is 21.1 Å². The molecule has 0 saturated carbocycles. The number of carbonyl (C=O) groups excluding carboxylic acids is 1. The van der Waals surface area contributed by atoms with Crippen LogP contribution in [0.5, 0.6) is 11.5 Å². The van der Waals surface area contributed by atoms with Gasteiger partial charge in [-0.25, -0.2) is 22.5 Å². The molecule has 2 fully saturated rings. The van der Waals surface area contributed by atoms with E-state index in [0.29, 0.717) is 63.1 Å². The summed E-state index contributed by atoms with van der Waals surface area (Å²) in [6, 6.07) is 18.9. The van der Waals surface area contributed by atoms with E-state index in [1.807, 2.05) is 36.0 Å². The fourth-order valence-corrected chi connectivity index (χ4v) is 8.53. The van der Waals surface area contributed by atoms with Crippen LogP contribution in [-0.2, 0) is 14.8 Å². The van der Waals surface area contributed by atoms with Gasteiger partial charge in [0.15, 0.2) is 11.6 Å². The molecule has 4 aromatic carbocycles. The Kier molecular flexibility index (Phi) is 12.7. The molecular weight excluding hydrogens is 820 g/mol. The monoisotopic (exact) mass is 865 g/mol. The highest BCUT2D eigenvalue weighted by Crippen LogP contribution is 2.37. The molecule has 18 heteroatoms. The van der Waals surface area contributed by atoms with Crippen LogP contribution in [0.3, 0.4) is 0 Å². The van der Waals surface area contributed by atoms with Crippen molar-refractivity contribution in [2.75, 3.05) is 82.9 Å². The Labute approximate surface area is 352 Å². The molecule has 0 radical (unpaired) electrons. The molecule has 3 heterocycles. The molecule has 0 aromatic heterocycles. The summed E-state index contributed by atoms with van der Waals surface area (Å²) in [5.74, 6) is -4.37. The molecule has 0 spiro atoms. The lowest BCUT2D eigenvalue weighted by atomic mass is 9.87. The number of piperazine rings is 2. The molecule has 0 unspecified atom stereocenters. The normalized spacial score (nSPS) is 18.0. The number of anilines is 2. The maximum Gasteiger partial charge on any atom is 0.295 e. The first-order valence-electron chi connectivity index (χ1n) is 19.4. The molecule has 1 amide bonds. The van der Waals surface area contributed by atoms with Crippen LogP contribution in [-0.4, -0.2) is 112 Å². The van der Waals surface area contributed by atoms with E-state index in [1.165, 1.54) is 41.5 Å². The number of halogens is 3. The zero-order valence-corrected chi connectivity index (χ0v) is 35.0. The maximum atomic E-state index is 14.9. The minimum absolute atomic E-state index is 0.0888. The number of benzene rings is 4. The molecule has 14 nitrogen and oxygen atoms in total. The third-order valence-electron chi connectivity index (χ3n) is 10.8. The van der Waals surface area contributed by atoms with Gasteiger partial charge in [0.25, 0.3) is 21.6 Å². The highest BCUT2D eigenvalue weighted by atomic mass is 35.5. The predicted molar refractivity (Wildman–Crippen MR) is 225 cm³/mol. The Morgan fingerprint density at radius 2 is 1.65 bits per heavy atom. The minimum atomic E-state index is -4.68. The number of carbonyl (C=O) groups is 1. The average molecular weight is 866 g/mol. The lowest BCUT2D eigenvalue weighted by Crippen LogP contribution is -2.47. The number of amides is 1. The number of likely N-dealkylation sites (N-methyl/N-ethyl adjacent to an activating group) is 1. The smallest absolute Gasteiger partial charge is 0.295 e. The van der Waals surface area contributed by atoms with Crippen LogP contribution in [0, 0.1) is 21.7 Å². The first-order valence-corrected chi connectivity index (χ1v) is 21.3. The quantitative estimate of drug-likeness (QED) is 0.114. The number of nitrogens with zero attached hydrogens (tertiary/aromatic N) is 5. The van der Waals surface area contributed by atoms with Crippen molar-refractivity contribution in [1.82, 2.24) is 19.5 Å². The summed E-state index contributed by atoms with van der Waals surface area (Å²) >= 11 is 6.18. The summed E-state index contributed by atoms with van der Waals surface area (Å²) in [5, 5.41) is 14.5. The van der Waals surface area contributed by atoms with Crippen LogP contribution >= 0.6 is 11.6 Å². The number of sulfonamides is 1. The Morgan fingerprint density at radius 1 is 0.933 bits per heavy atom. The fourth-order valence-electron chi connectivity index (χ4n) is 7.41. The summed E-state index contributed by atoms with van der Waals surface area (Å²) in [6.45, 7) is 10.5. The molecule has 3 aliphatic heterocycles. The highest BCUT2D eigenvalue weighted by Gasteiger charge is 2.31. The second kappa shape index (κ2) is 17.8. The molecule has 2 N–H and O–H groups in total. The molecule has 318 valence electrons. The minimum Gasteiger partial charge on any atom is -0.453 e. The zero-order valence-electron chi connectivity index (χ0n) is 33.4. The van der Waals surface area contributed by atoms with E-state index in [2.05, 4.69) is 34.0 Å². The van der Waals surface area contributed by atoms with Gasteiger partial charge in [-0.05, 0) is 86.1 Å². The first kappa shape index (κ1) is 42.9. The van der Waals surface area contributed by atoms with Crippen molar-refractivity contribution in [3.8, 4) is 11.5 Å². The summed E-state index contributed by atoms with van der Waals surface area (Å²) in [4.78, 5) is 31.0. The zero-order chi connectivity index (χ0) is 42.8. The van der Waals surface area contributed by atoms with Crippen LogP contribution < -0.4 is 19.8 Å². The topological polar surface area (TPSA) is 150 Å². The number of nitro groups is 1. The standard InChI is InChI=1S/C42H46ClF2N7O7S/c1-42(2)25-34(28-7-9-30(43)10-8-28)29(27-58-42)26-49-17-19-50(20-18-49)31-11-13-33(39(23-31)59-38-6-4-5-35(44)40(38)45)41(53)47-60(56,57)32-12-14-36(37(24-32)52(54)55)46-51-21-15-48(3)16-22-51/h4-14,23-24,46H,15-22,25-27H2,1-3H3,(H,47,53). The summed E-state index contributed by atoms with van der Waals surface area (Å²) in [6.07, 6.45) is 0.751. The van der Waals surface area contributed by atoms with Crippen molar-refractivity contribution < 1.29 is 36.4 Å². The van der Waals surface area contributed by atoms with Gasteiger partial charge < -0.3 is 24.7 Å². The van der Waals surface area contributed by atoms with Crippen molar-refractivity contribution in [2.45, 2.75) is 30.8 Å². The number of hydrogen-bond acceptors (Lipinski definition) is 12. The number of hydrazine groups is 1. The van der Waals surface area contributed by atoms with Gasteiger partial charge in [0.2, 0.25) is 5.82 Å². The van der Waals surface area contributed by atoms with E-state index in [9.17, 15) is 32.1 Å². The van der Waals surface area contributed by atoms with Crippen LogP contribution in [0.2, 0.25) is 5.02 Å². The first-order chi connectivity index (χ1) is 28.5. The molecule has 7 rings (SSSR count). The average Bonchev–Trinajstić information content (AvgIpc) is 3.21. The van der Waals surface area contributed by atoms with Gasteiger partial charge in [-0.3, -0.25) is 19.8 Å². The van der Waals surface area contributed by atoms with Crippen molar-refractivity contribution in [3.63, 3.8) is 0 Å². The van der Waals surface area contributed by atoms with Crippen molar-refractivity contribution in [1.29, 1.82) is 0 Å². The Morgan fingerprint density at radius 3 is 2.35 bits per heavy atom. The number of rotatable bonds is 12. The van der Waals surface area contributed by atoms with Gasteiger partial charge in [0.1, 0.15) is 11.4 Å². The highest BCUT2D eigenvalue weighted by molar-refractivity contribution is 7.90. The van der Waals surface area contributed by atoms with Gasteiger partial charge in [-0.2, -0.15) is 4.39 Å². The van der Waals surface area contributed by atoms with E-state index in [1.54, 1.807) is 11.1 Å². The molecule has 4 aromatic rings. The molecule has 2 saturated heterocycles. The molecular formula is C42H46ClF2N7O7S. The summed E-state index contributed by atoms with van der Waals surface area (Å²) in [5.41, 5.74) is 6.10. The van der Waals surface area contributed by atoms with Crippen LogP contribution in [0.25, 0.3) is 5.57 Å². The van der Waals surface area contributed by atoms with Crippen molar-refractivity contribution >= 4 is 50.2 Å². The summed E-state index contributed by atoms with van der Waals surface area (Å²) < 4.78 is 70.3. The van der Waals surface area contributed by atoms with Gasteiger partial charge in [0.05, 0.1) is 27.6 Å². The number of ether oxygens (including phenoxy) is 2. The van der Waals surface area contributed by atoms with Gasteiger partial charge in [-0.15, -0.1) is 0 Å². The van der Waals surface area contributed by atoms with Crippen LogP contribution in [0.4, 0.5) is 25.8 Å². The molecule has 0 aliphatic carbocycles. The Bertz CT molecular complexity index is 2400. The van der Waals surface area contributed by atoms with Crippen LogP contribution in [0.1, 0.15) is 36.2 Å². The van der Waals surface area contributed by atoms with E-state index in [0.717, 1.165) is 43.3 Å². The maximum absolute atomic E-state index is 14.9. The van der Waals surface area contributed by atoms with E-state index in [-0.39, 0.29) is 22.6 Å². The molecule has 0 bridgehead atoms. The molecule has 3 aliphatic rings. The van der Waals surface area contributed by atoms with E-state index < -0.39 is 48.8 Å². The van der Waals surface area contributed by atoms with Crippen molar-refractivity contribution in [2.24, 2.45) is 0 Å². The lowest BCUT2D eigenvalue weighted by Gasteiger charge is -2.39. The SMILES string of the molecule is CN1CCN(Nc2ccc(S(=O)(=O)NC(=O)c3ccc(N4CCN(CC5=C(c6ccc(Cl)cc6)CC(C)(C)OC5)CC4)cc3Oc3cccc(F)c3F)cc2[N+](=O)[O-])CC1. The van der Waals surface area contributed by atoms with Crippen LogP contribution in [0.15, 0.2) is 89.3 Å². The Hall–Kier alpha value is -5.17. The summed E-state index contributed by atoms with van der Waals surface area (Å²) in [7, 11) is -2.72. The fraction of sp³-hybridized carbons (Fsp3) is 0.357. The van der Waals surface area contributed by atoms with Gasteiger partial charge in [-0.1, -0.05) is 29.8 Å². The predicted octanol–water partition coefficient (Wildman–Crippen LogP) is 6.79. The number of nitrogens with one attached hydrogen (secondary N) is 2. The third-order valence-corrected chi connectivity index (χ3v) is 12.4.